The topological polar surface area (TPSA) is 55.8 Å². The molecule has 2 atom stereocenters. The average Bonchev–Trinajstić information content (AvgIpc) is 2.98. The number of thiophene rings is 1. The number of methoxy groups -OCH3 is 1. The van der Waals surface area contributed by atoms with Crippen LogP contribution in [0.5, 0.6) is 0 Å². The monoisotopic (exact) mass is 334 g/mol. The Bertz CT molecular complexity index is 633. The minimum absolute atomic E-state index is 0.295. The van der Waals surface area contributed by atoms with Gasteiger partial charge in [-0.2, -0.15) is 0 Å². The fraction of sp³-hybridized carbons (Fsp3) is 0.389. The fourth-order valence-corrected chi connectivity index (χ4v) is 3.33. The summed E-state index contributed by atoms with van der Waals surface area (Å²) in [5, 5.41) is 12.8. The highest BCUT2D eigenvalue weighted by Gasteiger charge is 2.42. The molecule has 0 radical (unpaired) electrons. The third-order valence-electron chi connectivity index (χ3n) is 3.60. The van der Waals surface area contributed by atoms with Gasteiger partial charge in [0.2, 0.25) is 5.78 Å². The van der Waals surface area contributed by atoms with E-state index in [2.05, 4.69) is 0 Å². The van der Waals surface area contributed by atoms with Crippen LogP contribution in [-0.4, -0.2) is 36.8 Å². The van der Waals surface area contributed by atoms with Crippen molar-refractivity contribution in [3.8, 4) is 0 Å². The average molecular weight is 334 g/mol. The number of hydrogen-bond donors (Lipinski definition) is 1. The number of rotatable bonds is 8. The van der Waals surface area contributed by atoms with E-state index in [-0.39, 0.29) is 5.78 Å². The molecule has 4 nitrogen and oxygen atoms in total. The molecule has 0 saturated carbocycles. The molecule has 0 aliphatic rings. The van der Waals surface area contributed by atoms with Crippen LogP contribution >= 0.6 is 11.3 Å². The van der Waals surface area contributed by atoms with Gasteiger partial charge in [-0.3, -0.25) is 4.79 Å². The molecule has 124 valence electrons. The summed E-state index contributed by atoms with van der Waals surface area (Å²) < 4.78 is 10.8. The molecule has 1 N–H and O–H groups in total. The second-order valence-electron chi connectivity index (χ2n) is 5.62. The number of aliphatic hydroxyl groups is 1. The van der Waals surface area contributed by atoms with Crippen LogP contribution in [0.25, 0.3) is 0 Å². The van der Waals surface area contributed by atoms with Crippen molar-refractivity contribution in [3.63, 3.8) is 0 Å². The Balaban J connectivity index is 2.30. The summed E-state index contributed by atoms with van der Waals surface area (Å²) in [4.78, 5) is 13.3. The summed E-state index contributed by atoms with van der Waals surface area (Å²) in [5.41, 5.74) is 0.104. The second kappa shape index (κ2) is 7.84. The van der Waals surface area contributed by atoms with E-state index < -0.39 is 11.7 Å². The van der Waals surface area contributed by atoms with Crippen LogP contribution in [0.15, 0.2) is 41.8 Å². The molecule has 23 heavy (non-hydrogen) atoms. The molecule has 0 spiro atoms. The molecule has 0 aliphatic heterocycles. The molecule has 0 saturated heterocycles. The lowest BCUT2D eigenvalue weighted by molar-refractivity contribution is -0.0880. The summed E-state index contributed by atoms with van der Waals surface area (Å²) in [6.07, 6.45) is -0.756. The third kappa shape index (κ3) is 4.26. The highest BCUT2D eigenvalue weighted by molar-refractivity contribution is 7.12. The van der Waals surface area contributed by atoms with E-state index in [0.717, 1.165) is 11.1 Å². The van der Waals surface area contributed by atoms with E-state index in [1.54, 1.807) is 13.2 Å². The number of ketones is 1. The number of Topliss-reactive ketones (excluding diaryl/α,β-unsaturated/α-hetero) is 1. The molecule has 2 rings (SSSR count). The predicted octanol–water partition coefficient (Wildman–Crippen LogP) is 3.39. The largest absolute Gasteiger partial charge is 0.382 e. The Morgan fingerprint density at radius 3 is 2.57 bits per heavy atom. The first-order valence-electron chi connectivity index (χ1n) is 7.44. The molecule has 0 aliphatic carbocycles. The molecule has 0 bridgehead atoms. The van der Waals surface area contributed by atoms with Crippen molar-refractivity contribution in [3.05, 3.63) is 57.8 Å². The van der Waals surface area contributed by atoms with Gasteiger partial charge in [0.1, 0.15) is 6.10 Å². The van der Waals surface area contributed by atoms with Gasteiger partial charge >= 0.3 is 0 Å². The van der Waals surface area contributed by atoms with Gasteiger partial charge in [-0.05, 0) is 36.4 Å². The van der Waals surface area contributed by atoms with Crippen LogP contribution in [0, 0.1) is 6.92 Å². The van der Waals surface area contributed by atoms with Crippen molar-refractivity contribution < 1.29 is 19.4 Å². The number of ether oxygens (including phenoxy) is 2. The Morgan fingerprint density at radius 2 is 2.00 bits per heavy atom. The van der Waals surface area contributed by atoms with E-state index in [0.29, 0.717) is 18.1 Å². The smallest absolute Gasteiger partial charge is 0.206 e. The van der Waals surface area contributed by atoms with Crippen molar-refractivity contribution in [2.45, 2.75) is 25.6 Å². The maximum Gasteiger partial charge on any atom is 0.206 e. The first-order valence-corrected chi connectivity index (χ1v) is 8.32. The minimum atomic E-state index is -1.66. The molecular formula is C18H22O4S. The quantitative estimate of drug-likeness (QED) is 0.594. The molecular weight excluding hydrogens is 312 g/mol. The van der Waals surface area contributed by atoms with Crippen LogP contribution in [-0.2, 0) is 9.47 Å². The van der Waals surface area contributed by atoms with E-state index >= 15 is 0 Å². The van der Waals surface area contributed by atoms with Crippen LogP contribution in [0.1, 0.15) is 33.8 Å². The number of hydrogen-bond acceptors (Lipinski definition) is 5. The number of carbonyl (C=O) groups excluding carboxylic acids is 1. The lowest BCUT2D eigenvalue weighted by Crippen LogP contribution is -2.43. The zero-order chi connectivity index (χ0) is 16.9. The summed E-state index contributed by atoms with van der Waals surface area (Å²) in [7, 11) is 1.58. The zero-order valence-electron chi connectivity index (χ0n) is 13.6. The molecule has 2 aromatic rings. The summed E-state index contributed by atoms with van der Waals surface area (Å²) in [6, 6.07) is 11.1. The van der Waals surface area contributed by atoms with Gasteiger partial charge in [0.15, 0.2) is 5.60 Å². The summed E-state index contributed by atoms with van der Waals surface area (Å²) >= 11 is 1.34. The first-order chi connectivity index (χ1) is 11.0. The molecule has 1 aromatic heterocycles. The molecule has 2 unspecified atom stereocenters. The number of benzene rings is 1. The van der Waals surface area contributed by atoms with Gasteiger partial charge in [0.05, 0.1) is 18.1 Å². The Kier molecular flexibility index (Phi) is 6.07. The SMILES string of the molecule is COCCOC(c1ccccc1)C(C)(O)C(=O)c1cc(C)cs1. The van der Waals surface area contributed by atoms with Crippen LogP contribution in [0.4, 0.5) is 0 Å². The van der Waals surface area contributed by atoms with Crippen molar-refractivity contribution in [2.24, 2.45) is 0 Å². The number of carbonyl (C=O) groups is 1. The predicted molar refractivity (Wildman–Crippen MR) is 91.0 cm³/mol. The molecule has 5 heteroatoms. The van der Waals surface area contributed by atoms with Gasteiger partial charge in [-0.25, -0.2) is 0 Å². The maximum absolute atomic E-state index is 12.8. The first kappa shape index (κ1) is 17.8. The van der Waals surface area contributed by atoms with Gasteiger partial charge in [-0.15, -0.1) is 11.3 Å². The van der Waals surface area contributed by atoms with Crippen molar-refractivity contribution in [1.82, 2.24) is 0 Å². The number of aryl methyl sites for hydroxylation is 1. The van der Waals surface area contributed by atoms with E-state index in [4.69, 9.17) is 9.47 Å². The van der Waals surface area contributed by atoms with Crippen LogP contribution in [0.3, 0.4) is 0 Å². The molecule has 0 amide bonds. The van der Waals surface area contributed by atoms with Gasteiger partial charge in [0.25, 0.3) is 0 Å². The van der Waals surface area contributed by atoms with Crippen molar-refractivity contribution in [2.75, 3.05) is 20.3 Å². The van der Waals surface area contributed by atoms with E-state index in [9.17, 15) is 9.90 Å². The fourth-order valence-electron chi connectivity index (χ4n) is 2.38. The highest BCUT2D eigenvalue weighted by atomic mass is 32.1. The Labute approximate surface area is 140 Å². The molecule has 1 heterocycles. The zero-order valence-corrected chi connectivity index (χ0v) is 14.4. The standard InChI is InChI=1S/C18H22O4S/c1-13-11-15(23-12-13)16(19)18(2,20)17(22-10-9-21-3)14-7-5-4-6-8-14/h4-8,11-12,17,20H,9-10H2,1-3H3. The second-order valence-corrected chi connectivity index (χ2v) is 6.53. The minimum Gasteiger partial charge on any atom is -0.382 e. The Morgan fingerprint density at radius 1 is 1.30 bits per heavy atom. The van der Waals surface area contributed by atoms with E-state index in [1.807, 2.05) is 42.6 Å². The van der Waals surface area contributed by atoms with Gasteiger partial charge < -0.3 is 14.6 Å². The Hall–Kier alpha value is -1.53. The lowest BCUT2D eigenvalue weighted by atomic mass is 9.88. The normalized spacial score (nSPS) is 15.1. The highest BCUT2D eigenvalue weighted by Crippen LogP contribution is 2.33. The van der Waals surface area contributed by atoms with Gasteiger partial charge in [-0.1, -0.05) is 30.3 Å². The third-order valence-corrected chi connectivity index (χ3v) is 4.65. The van der Waals surface area contributed by atoms with Gasteiger partial charge in [0, 0.05) is 7.11 Å². The maximum atomic E-state index is 12.8. The van der Waals surface area contributed by atoms with E-state index in [1.165, 1.54) is 18.3 Å². The van der Waals surface area contributed by atoms with Crippen LogP contribution < -0.4 is 0 Å². The molecule has 0 fully saturated rings. The lowest BCUT2D eigenvalue weighted by Gasteiger charge is -2.31. The summed E-state index contributed by atoms with van der Waals surface area (Å²) in [5.74, 6) is -0.332. The van der Waals surface area contributed by atoms with Crippen molar-refractivity contribution in [1.29, 1.82) is 0 Å². The molecule has 1 aromatic carbocycles. The van der Waals surface area contributed by atoms with Crippen LogP contribution in [0.2, 0.25) is 0 Å². The van der Waals surface area contributed by atoms with Crippen molar-refractivity contribution >= 4 is 17.1 Å². The summed E-state index contributed by atoms with van der Waals surface area (Å²) in [6.45, 7) is 4.12.